The molecule has 0 heterocycles. The molecule has 0 bridgehead atoms. The van der Waals surface area contributed by atoms with Crippen molar-refractivity contribution in [3.63, 3.8) is 0 Å². The van der Waals surface area contributed by atoms with E-state index in [0.29, 0.717) is 0 Å². The van der Waals surface area contributed by atoms with Crippen LogP contribution in [0.3, 0.4) is 0 Å². The first kappa shape index (κ1) is 20.6. The number of ether oxygens (including phenoxy) is 1. The lowest BCUT2D eigenvalue weighted by Gasteiger charge is -2.11. The van der Waals surface area contributed by atoms with Crippen LogP contribution < -0.4 is 10.1 Å². The zero-order valence-electron chi connectivity index (χ0n) is 13.4. The summed E-state index contributed by atoms with van der Waals surface area (Å²) in [5.41, 5.74) is -0.0478. The number of phenols is 1. The van der Waals surface area contributed by atoms with Crippen LogP contribution in [0.2, 0.25) is 15.1 Å². The van der Waals surface area contributed by atoms with Gasteiger partial charge in [-0.3, -0.25) is 4.79 Å². The van der Waals surface area contributed by atoms with Crippen LogP contribution in [0.4, 0.5) is 5.69 Å². The molecule has 1 amide bonds. The molecule has 2 aromatic rings. The lowest BCUT2D eigenvalue weighted by atomic mass is 10.3. The second kappa shape index (κ2) is 8.35. The second-order valence-electron chi connectivity index (χ2n) is 5.12. The molecule has 0 aliphatic heterocycles. The topological polar surface area (TPSA) is 92.7 Å². The maximum atomic E-state index is 12.0. The third kappa shape index (κ3) is 4.94. The summed E-state index contributed by atoms with van der Waals surface area (Å²) in [4.78, 5) is 12.0. The summed E-state index contributed by atoms with van der Waals surface area (Å²) in [6, 6.07) is 6.37. The van der Waals surface area contributed by atoms with Crippen LogP contribution >= 0.6 is 34.8 Å². The number of nitrogens with one attached hydrogen (secondary N) is 1. The standard InChI is InChI=1S/C16H14Cl3NO5S/c1-2-26(23,24)9-3-4-14(21)13(5-9)20-16(22)8-25-15-7-11(18)10(17)6-12(15)19/h3-7,21H,2,8H2,1H3,(H,20,22). The lowest BCUT2D eigenvalue weighted by molar-refractivity contribution is -0.118. The highest BCUT2D eigenvalue weighted by atomic mass is 35.5. The number of benzene rings is 2. The predicted molar refractivity (Wildman–Crippen MR) is 101 cm³/mol. The highest BCUT2D eigenvalue weighted by molar-refractivity contribution is 7.91. The molecule has 2 N–H and O–H groups in total. The highest BCUT2D eigenvalue weighted by Gasteiger charge is 2.16. The average Bonchev–Trinajstić information content (AvgIpc) is 2.58. The van der Waals surface area contributed by atoms with Crippen LogP contribution in [0.25, 0.3) is 0 Å². The number of phenolic OH excluding ortho intramolecular Hbond substituents is 1. The van der Waals surface area contributed by atoms with Crippen molar-refractivity contribution >= 4 is 56.2 Å². The van der Waals surface area contributed by atoms with Crippen molar-refractivity contribution in [2.75, 3.05) is 17.7 Å². The molecule has 0 aromatic heterocycles. The van der Waals surface area contributed by atoms with Gasteiger partial charge in [0.05, 0.1) is 31.4 Å². The van der Waals surface area contributed by atoms with Crippen LogP contribution in [-0.2, 0) is 14.6 Å². The molecule has 10 heteroatoms. The minimum absolute atomic E-state index is 0.0125. The molecular weight excluding hydrogens is 425 g/mol. The van der Waals surface area contributed by atoms with Gasteiger partial charge in [-0.2, -0.15) is 0 Å². The Kier molecular flexibility index (Phi) is 6.63. The minimum atomic E-state index is -3.48. The second-order valence-corrected chi connectivity index (χ2v) is 8.62. The molecule has 2 rings (SSSR count). The number of carbonyl (C=O) groups excluding carboxylic acids is 1. The summed E-state index contributed by atoms with van der Waals surface area (Å²) in [7, 11) is -3.48. The molecule has 0 saturated carbocycles. The monoisotopic (exact) mass is 437 g/mol. The maximum absolute atomic E-state index is 12.0. The van der Waals surface area contributed by atoms with Crippen LogP contribution in [0.15, 0.2) is 35.2 Å². The summed E-state index contributed by atoms with van der Waals surface area (Å²) in [5, 5.41) is 12.8. The van der Waals surface area contributed by atoms with Gasteiger partial charge in [0.15, 0.2) is 16.4 Å². The van der Waals surface area contributed by atoms with Gasteiger partial charge in [0.1, 0.15) is 11.5 Å². The first-order valence-electron chi connectivity index (χ1n) is 7.27. The Morgan fingerprint density at radius 3 is 2.42 bits per heavy atom. The summed E-state index contributed by atoms with van der Waals surface area (Å²) in [5.74, 6) is -0.860. The lowest BCUT2D eigenvalue weighted by Crippen LogP contribution is -2.20. The molecule has 0 aliphatic rings. The van der Waals surface area contributed by atoms with Crippen molar-refractivity contribution in [3.05, 3.63) is 45.4 Å². The number of halogens is 3. The number of hydrogen-bond donors (Lipinski definition) is 2. The van der Waals surface area contributed by atoms with E-state index in [1.807, 2.05) is 0 Å². The van der Waals surface area contributed by atoms with E-state index in [-0.39, 0.29) is 42.9 Å². The molecule has 140 valence electrons. The number of rotatable bonds is 6. The summed E-state index contributed by atoms with van der Waals surface area (Å²) in [6.45, 7) is 1.05. The molecule has 2 aromatic carbocycles. The van der Waals surface area contributed by atoms with Crippen molar-refractivity contribution in [2.24, 2.45) is 0 Å². The number of amides is 1. The average molecular weight is 439 g/mol. The Bertz CT molecular complexity index is 947. The van der Waals surface area contributed by atoms with Crippen molar-refractivity contribution < 1.29 is 23.1 Å². The fourth-order valence-corrected chi connectivity index (χ4v) is 3.42. The molecule has 0 radical (unpaired) electrons. The number of anilines is 1. The highest BCUT2D eigenvalue weighted by Crippen LogP contribution is 2.34. The maximum Gasteiger partial charge on any atom is 0.262 e. The van der Waals surface area contributed by atoms with Gasteiger partial charge in [-0.25, -0.2) is 8.42 Å². The molecule has 26 heavy (non-hydrogen) atoms. The third-order valence-electron chi connectivity index (χ3n) is 3.31. The van der Waals surface area contributed by atoms with Gasteiger partial charge in [-0.15, -0.1) is 0 Å². The zero-order valence-corrected chi connectivity index (χ0v) is 16.5. The van der Waals surface area contributed by atoms with Gasteiger partial charge >= 0.3 is 0 Å². The Balaban J connectivity index is 2.11. The molecule has 0 atom stereocenters. The number of carbonyl (C=O) groups is 1. The van der Waals surface area contributed by atoms with Crippen molar-refractivity contribution in [2.45, 2.75) is 11.8 Å². The first-order valence-corrected chi connectivity index (χ1v) is 10.1. The van der Waals surface area contributed by atoms with E-state index in [0.717, 1.165) is 0 Å². The van der Waals surface area contributed by atoms with E-state index < -0.39 is 22.4 Å². The van der Waals surface area contributed by atoms with Crippen LogP contribution in [0, 0.1) is 0 Å². The van der Waals surface area contributed by atoms with E-state index >= 15 is 0 Å². The Hall–Kier alpha value is -1.67. The SMILES string of the molecule is CCS(=O)(=O)c1ccc(O)c(NC(=O)COc2cc(Cl)c(Cl)cc2Cl)c1. The predicted octanol–water partition coefficient (Wildman–Crippen LogP) is 4.16. The molecule has 0 fully saturated rings. The van der Waals surface area contributed by atoms with Crippen molar-refractivity contribution in [1.29, 1.82) is 0 Å². The van der Waals surface area contributed by atoms with Gasteiger partial charge in [0, 0.05) is 6.07 Å². The number of sulfone groups is 1. The van der Waals surface area contributed by atoms with E-state index in [1.165, 1.54) is 37.3 Å². The summed E-state index contributed by atoms with van der Waals surface area (Å²) < 4.78 is 29.1. The fourth-order valence-electron chi connectivity index (χ4n) is 1.92. The smallest absolute Gasteiger partial charge is 0.262 e. The van der Waals surface area contributed by atoms with Gasteiger partial charge in [0.25, 0.3) is 5.91 Å². The molecule has 0 saturated heterocycles. The summed E-state index contributed by atoms with van der Waals surface area (Å²) >= 11 is 17.6. The Labute approximate surface area is 165 Å². The quantitative estimate of drug-likeness (QED) is 0.522. The van der Waals surface area contributed by atoms with Crippen molar-refractivity contribution in [1.82, 2.24) is 0 Å². The summed E-state index contributed by atoms with van der Waals surface area (Å²) in [6.07, 6.45) is 0. The molecule has 0 aliphatic carbocycles. The normalized spacial score (nSPS) is 11.2. The molecular formula is C16H14Cl3NO5S. The van der Waals surface area contributed by atoms with Gasteiger partial charge in [-0.1, -0.05) is 41.7 Å². The largest absolute Gasteiger partial charge is 0.506 e. The van der Waals surface area contributed by atoms with Crippen LogP contribution in [-0.4, -0.2) is 31.8 Å². The van der Waals surface area contributed by atoms with Crippen molar-refractivity contribution in [3.8, 4) is 11.5 Å². The van der Waals surface area contributed by atoms with E-state index in [9.17, 15) is 18.3 Å². The zero-order chi connectivity index (χ0) is 19.5. The number of aromatic hydroxyl groups is 1. The fraction of sp³-hybridized carbons (Fsp3) is 0.188. The third-order valence-corrected chi connectivity index (χ3v) is 6.06. The molecule has 0 unspecified atom stereocenters. The van der Waals surface area contributed by atoms with Gasteiger partial charge < -0.3 is 15.2 Å². The Morgan fingerprint density at radius 2 is 1.77 bits per heavy atom. The van der Waals surface area contributed by atoms with Crippen LogP contribution in [0.5, 0.6) is 11.5 Å². The van der Waals surface area contributed by atoms with Gasteiger partial charge in [-0.05, 0) is 24.3 Å². The van der Waals surface area contributed by atoms with Crippen LogP contribution in [0.1, 0.15) is 6.92 Å². The van der Waals surface area contributed by atoms with Gasteiger partial charge in [0.2, 0.25) is 0 Å². The van der Waals surface area contributed by atoms with E-state index in [2.05, 4.69) is 5.32 Å². The minimum Gasteiger partial charge on any atom is -0.506 e. The molecule has 0 spiro atoms. The van der Waals surface area contributed by atoms with E-state index in [4.69, 9.17) is 39.5 Å². The Morgan fingerprint density at radius 1 is 1.12 bits per heavy atom. The number of hydrogen-bond acceptors (Lipinski definition) is 5. The first-order chi connectivity index (χ1) is 12.1. The molecule has 6 nitrogen and oxygen atoms in total. The van der Waals surface area contributed by atoms with E-state index in [1.54, 1.807) is 0 Å².